The summed E-state index contributed by atoms with van der Waals surface area (Å²) < 4.78 is 0. The van der Waals surface area contributed by atoms with Crippen molar-refractivity contribution < 1.29 is 0 Å². The summed E-state index contributed by atoms with van der Waals surface area (Å²) in [6, 6.07) is 0.777. The lowest BCUT2D eigenvalue weighted by Crippen LogP contribution is -2.51. The summed E-state index contributed by atoms with van der Waals surface area (Å²) in [6.45, 7) is 20.9. The quantitative estimate of drug-likeness (QED) is 0.565. The van der Waals surface area contributed by atoms with Crippen molar-refractivity contribution in [3.63, 3.8) is 0 Å². The van der Waals surface area contributed by atoms with Gasteiger partial charge in [-0.1, -0.05) is 20.8 Å². The number of rotatable bonds is 9. The lowest BCUT2D eigenvalue weighted by atomic mass is 9.88. The molecule has 2 aliphatic rings. The third-order valence-corrected chi connectivity index (χ3v) is 7.41. The maximum atomic E-state index is 2.78. The highest BCUT2D eigenvalue weighted by molar-refractivity contribution is 4.88. The monoisotopic (exact) mass is 408 g/mol. The summed E-state index contributed by atoms with van der Waals surface area (Å²) in [6.07, 6.45) is 8.11. The average Bonchev–Trinajstić information content (AvgIpc) is 2.64. The largest absolute Gasteiger partial charge is 0.309 e. The molecule has 4 heteroatoms. The van der Waals surface area contributed by atoms with Crippen LogP contribution in [0.5, 0.6) is 0 Å². The van der Waals surface area contributed by atoms with Crippen LogP contribution in [0.2, 0.25) is 0 Å². The van der Waals surface area contributed by atoms with E-state index in [1.807, 2.05) is 0 Å². The minimum Gasteiger partial charge on any atom is -0.309 e. The van der Waals surface area contributed by atoms with E-state index in [4.69, 9.17) is 0 Å². The molecular formula is C25H52N4. The van der Waals surface area contributed by atoms with Gasteiger partial charge in [-0.3, -0.25) is 4.90 Å². The van der Waals surface area contributed by atoms with Crippen LogP contribution in [0.15, 0.2) is 0 Å². The zero-order valence-electron chi connectivity index (χ0n) is 21.1. The van der Waals surface area contributed by atoms with Crippen molar-refractivity contribution in [2.24, 2.45) is 11.3 Å². The molecule has 0 aromatic heterocycles. The topological polar surface area (TPSA) is 13.0 Å². The maximum Gasteiger partial charge on any atom is 0.0165 e. The van der Waals surface area contributed by atoms with Gasteiger partial charge in [-0.15, -0.1) is 0 Å². The molecule has 0 aromatic carbocycles. The first-order chi connectivity index (χ1) is 13.5. The van der Waals surface area contributed by atoms with Gasteiger partial charge in [-0.05, 0) is 124 Å². The Hall–Kier alpha value is -0.160. The van der Waals surface area contributed by atoms with Crippen LogP contribution in [0, 0.1) is 11.3 Å². The van der Waals surface area contributed by atoms with Crippen LogP contribution in [0.1, 0.15) is 73.1 Å². The zero-order valence-corrected chi connectivity index (χ0v) is 21.1. The van der Waals surface area contributed by atoms with E-state index in [9.17, 15) is 0 Å². The smallest absolute Gasteiger partial charge is 0.0165 e. The van der Waals surface area contributed by atoms with Crippen molar-refractivity contribution in [3.05, 3.63) is 0 Å². The average molecular weight is 409 g/mol. The molecule has 0 unspecified atom stereocenters. The first-order valence-electron chi connectivity index (χ1n) is 12.3. The summed E-state index contributed by atoms with van der Waals surface area (Å²) in [4.78, 5) is 10.5. The molecule has 2 aliphatic heterocycles. The molecule has 0 aromatic rings. The van der Waals surface area contributed by atoms with Gasteiger partial charge in [-0.2, -0.15) is 0 Å². The second-order valence-electron chi connectivity index (χ2n) is 12.1. The zero-order chi connectivity index (χ0) is 21.7. The molecule has 0 aliphatic carbocycles. The molecule has 0 atom stereocenters. The number of nitrogens with zero attached hydrogens (tertiary/aromatic N) is 4. The van der Waals surface area contributed by atoms with Crippen LogP contribution in [0.25, 0.3) is 0 Å². The highest BCUT2D eigenvalue weighted by Crippen LogP contribution is 2.29. The normalized spacial score (nSPS) is 22.1. The van der Waals surface area contributed by atoms with Gasteiger partial charge in [0.2, 0.25) is 0 Å². The van der Waals surface area contributed by atoms with Gasteiger partial charge in [-0.25, -0.2) is 0 Å². The Bertz CT molecular complexity index is 452. The molecule has 0 N–H and O–H groups in total. The molecule has 0 bridgehead atoms. The van der Waals surface area contributed by atoms with E-state index in [1.165, 1.54) is 84.3 Å². The van der Waals surface area contributed by atoms with Crippen molar-refractivity contribution in [2.45, 2.75) is 84.7 Å². The molecule has 4 nitrogen and oxygen atoms in total. The van der Waals surface area contributed by atoms with E-state index < -0.39 is 0 Å². The van der Waals surface area contributed by atoms with Crippen molar-refractivity contribution in [1.82, 2.24) is 19.6 Å². The van der Waals surface area contributed by atoms with Gasteiger partial charge in [0.15, 0.2) is 0 Å². The van der Waals surface area contributed by atoms with Crippen molar-refractivity contribution in [1.29, 1.82) is 0 Å². The molecule has 172 valence electrons. The molecule has 2 fully saturated rings. The third kappa shape index (κ3) is 8.85. The molecule has 2 rings (SSSR count). The lowest BCUT2D eigenvalue weighted by molar-refractivity contribution is 0.0478. The van der Waals surface area contributed by atoms with Crippen molar-refractivity contribution in [2.75, 3.05) is 67.0 Å². The standard InChI is InChI=1S/C25H52N4/c1-24(2,3)21-28-16-12-23(13-17-28)27(8)20-14-25(4,5)29-18-10-22(11-19-29)9-15-26(6)7/h22-23H,9-21H2,1-8H3. The minimum atomic E-state index is 0.327. The van der Waals surface area contributed by atoms with Gasteiger partial charge in [0.05, 0.1) is 0 Å². The molecular weight excluding hydrogens is 356 g/mol. The molecule has 2 saturated heterocycles. The molecule has 0 spiro atoms. The Morgan fingerprint density at radius 2 is 1.38 bits per heavy atom. The van der Waals surface area contributed by atoms with E-state index in [0.717, 1.165) is 12.0 Å². The molecule has 0 amide bonds. The fraction of sp³-hybridized carbons (Fsp3) is 1.00. The maximum absolute atomic E-state index is 2.78. The molecule has 0 saturated carbocycles. The van der Waals surface area contributed by atoms with Gasteiger partial charge in [0.25, 0.3) is 0 Å². The predicted molar refractivity (Wildman–Crippen MR) is 128 cm³/mol. The van der Waals surface area contributed by atoms with Crippen molar-refractivity contribution in [3.8, 4) is 0 Å². The third-order valence-electron chi connectivity index (χ3n) is 7.41. The Balaban J connectivity index is 1.69. The number of hydrogen-bond acceptors (Lipinski definition) is 4. The summed E-state index contributed by atoms with van der Waals surface area (Å²) in [5, 5.41) is 0. The van der Waals surface area contributed by atoms with Gasteiger partial charge < -0.3 is 14.7 Å². The fourth-order valence-corrected chi connectivity index (χ4v) is 5.25. The molecule has 0 radical (unpaired) electrons. The van der Waals surface area contributed by atoms with Gasteiger partial charge in [0, 0.05) is 18.1 Å². The van der Waals surface area contributed by atoms with Crippen LogP contribution < -0.4 is 0 Å². The highest BCUT2D eigenvalue weighted by atomic mass is 15.2. The summed E-state index contributed by atoms with van der Waals surface area (Å²) in [5.41, 5.74) is 0.746. The van der Waals surface area contributed by atoms with Crippen LogP contribution in [0.3, 0.4) is 0 Å². The first-order valence-corrected chi connectivity index (χ1v) is 12.3. The lowest BCUT2D eigenvalue weighted by Gasteiger charge is -2.45. The highest BCUT2D eigenvalue weighted by Gasteiger charge is 2.32. The van der Waals surface area contributed by atoms with Crippen LogP contribution in [-0.2, 0) is 0 Å². The summed E-state index contributed by atoms with van der Waals surface area (Å²) >= 11 is 0. The van der Waals surface area contributed by atoms with Crippen LogP contribution in [-0.4, -0.2) is 98.1 Å². The van der Waals surface area contributed by atoms with Crippen molar-refractivity contribution >= 4 is 0 Å². The van der Waals surface area contributed by atoms with Crippen LogP contribution in [0.4, 0.5) is 0 Å². The molecule has 2 heterocycles. The Kier molecular flexibility index (Phi) is 9.46. The second-order valence-corrected chi connectivity index (χ2v) is 12.1. The molecule has 29 heavy (non-hydrogen) atoms. The Morgan fingerprint density at radius 3 is 1.90 bits per heavy atom. The van der Waals surface area contributed by atoms with E-state index in [0.29, 0.717) is 11.0 Å². The summed E-state index contributed by atoms with van der Waals surface area (Å²) in [5.74, 6) is 0.936. The van der Waals surface area contributed by atoms with E-state index in [1.54, 1.807) is 0 Å². The summed E-state index contributed by atoms with van der Waals surface area (Å²) in [7, 11) is 6.76. The van der Waals surface area contributed by atoms with Gasteiger partial charge >= 0.3 is 0 Å². The number of likely N-dealkylation sites (tertiary alicyclic amines) is 2. The minimum absolute atomic E-state index is 0.327. The SMILES string of the molecule is CN(C)CCC1CCN(C(C)(C)CCN(C)C2CCN(CC(C)(C)C)CC2)CC1. The number of hydrogen-bond donors (Lipinski definition) is 0. The van der Waals surface area contributed by atoms with Gasteiger partial charge in [0.1, 0.15) is 0 Å². The van der Waals surface area contributed by atoms with Crippen LogP contribution >= 0.6 is 0 Å². The Morgan fingerprint density at radius 1 is 0.793 bits per heavy atom. The predicted octanol–water partition coefficient (Wildman–Crippen LogP) is 4.26. The Labute approximate surface area is 183 Å². The van der Waals surface area contributed by atoms with E-state index in [-0.39, 0.29) is 0 Å². The fourth-order valence-electron chi connectivity index (χ4n) is 5.25. The second kappa shape index (κ2) is 10.9. The van der Waals surface area contributed by atoms with E-state index >= 15 is 0 Å². The number of piperidine rings is 2. The first kappa shape index (κ1) is 25.1. The van der Waals surface area contributed by atoms with E-state index in [2.05, 4.69) is 75.4 Å².